The van der Waals surface area contributed by atoms with Gasteiger partial charge in [0.1, 0.15) is 0 Å². The average Bonchev–Trinajstić information content (AvgIpc) is 2.64. The van der Waals surface area contributed by atoms with Gasteiger partial charge in [-0.2, -0.15) is 0 Å². The summed E-state index contributed by atoms with van der Waals surface area (Å²) in [7, 11) is 0. The van der Waals surface area contributed by atoms with E-state index in [1.165, 1.54) is 18.4 Å². The number of amidine groups is 1. The molecule has 0 unspecified atom stereocenters. The summed E-state index contributed by atoms with van der Waals surface area (Å²) in [4.78, 5) is 4.41. The van der Waals surface area contributed by atoms with Crippen LogP contribution in [-0.4, -0.2) is 12.4 Å². The molecule has 1 aromatic carbocycles. The molecule has 0 radical (unpaired) electrons. The van der Waals surface area contributed by atoms with Crippen molar-refractivity contribution < 1.29 is 0 Å². The smallest absolute Gasteiger partial charge is 0.0975 e. The molecule has 1 aliphatic heterocycles. The topological polar surface area (TPSA) is 38.4 Å². The molecule has 3 heteroatoms. The first-order valence-electron chi connectivity index (χ1n) is 6.15. The molecule has 1 aliphatic rings. The van der Waals surface area contributed by atoms with Crippen LogP contribution in [0.3, 0.4) is 0 Å². The second kappa shape index (κ2) is 6.65. The Balaban J connectivity index is 0.00000144. The van der Waals surface area contributed by atoms with Crippen molar-refractivity contribution in [3.05, 3.63) is 35.9 Å². The van der Waals surface area contributed by atoms with E-state index in [2.05, 4.69) is 42.2 Å². The first-order chi connectivity index (χ1) is 7.81. The number of hydrogen-bond donors (Lipinski definition) is 1. The highest BCUT2D eigenvalue weighted by atomic mass is 35.5. The van der Waals surface area contributed by atoms with Crippen LogP contribution in [0.2, 0.25) is 0 Å². The molecule has 0 spiro atoms. The average molecular weight is 253 g/mol. The summed E-state index contributed by atoms with van der Waals surface area (Å²) >= 11 is 0. The summed E-state index contributed by atoms with van der Waals surface area (Å²) in [5.74, 6) is 1.98. The Morgan fingerprint density at radius 2 is 2.00 bits per heavy atom. The van der Waals surface area contributed by atoms with Gasteiger partial charge in [0.25, 0.3) is 0 Å². The molecule has 1 aromatic rings. The highest BCUT2D eigenvalue weighted by Crippen LogP contribution is 2.27. The third-order valence-corrected chi connectivity index (χ3v) is 3.42. The fourth-order valence-electron chi connectivity index (χ4n) is 2.51. The zero-order chi connectivity index (χ0) is 11.4. The van der Waals surface area contributed by atoms with Crippen molar-refractivity contribution in [1.82, 2.24) is 0 Å². The van der Waals surface area contributed by atoms with Crippen LogP contribution in [0.4, 0.5) is 0 Å². The van der Waals surface area contributed by atoms with Crippen molar-refractivity contribution in [3.8, 4) is 0 Å². The zero-order valence-corrected chi connectivity index (χ0v) is 11.1. The SMILES string of the molecule is CCC[C@@H]1CN=C(N)[C@@H]1Cc1ccccc1.Cl. The van der Waals surface area contributed by atoms with Crippen LogP contribution in [0.5, 0.6) is 0 Å². The van der Waals surface area contributed by atoms with Gasteiger partial charge in [-0.1, -0.05) is 43.7 Å². The minimum absolute atomic E-state index is 0. The van der Waals surface area contributed by atoms with E-state index in [-0.39, 0.29) is 12.4 Å². The van der Waals surface area contributed by atoms with E-state index in [0.717, 1.165) is 18.8 Å². The third kappa shape index (κ3) is 3.47. The van der Waals surface area contributed by atoms with Crippen LogP contribution < -0.4 is 5.73 Å². The fraction of sp³-hybridized carbons (Fsp3) is 0.500. The molecular weight excluding hydrogens is 232 g/mol. The highest BCUT2D eigenvalue weighted by molar-refractivity contribution is 5.85. The Labute approximate surface area is 110 Å². The van der Waals surface area contributed by atoms with Crippen LogP contribution in [0.1, 0.15) is 25.3 Å². The lowest BCUT2D eigenvalue weighted by Gasteiger charge is -2.18. The van der Waals surface area contributed by atoms with E-state index < -0.39 is 0 Å². The van der Waals surface area contributed by atoms with Crippen LogP contribution in [0.25, 0.3) is 0 Å². The molecule has 0 saturated carbocycles. The second-order valence-electron chi connectivity index (χ2n) is 4.61. The van der Waals surface area contributed by atoms with Crippen LogP contribution in [-0.2, 0) is 6.42 Å². The lowest BCUT2D eigenvalue weighted by atomic mass is 9.85. The monoisotopic (exact) mass is 252 g/mol. The molecule has 2 N–H and O–H groups in total. The number of aliphatic imine (C=N–C) groups is 1. The molecule has 2 rings (SSSR count). The summed E-state index contributed by atoms with van der Waals surface area (Å²) in [5, 5.41) is 0. The van der Waals surface area contributed by atoms with Crippen molar-refractivity contribution in [2.75, 3.05) is 6.54 Å². The van der Waals surface area contributed by atoms with Gasteiger partial charge < -0.3 is 5.73 Å². The standard InChI is InChI=1S/C14H20N2.ClH/c1-2-6-12-10-16-14(15)13(12)9-11-7-4-3-5-8-11;/h3-5,7-8,12-13H,2,6,9-10H2,1H3,(H2,15,16);1H/t12-,13-;/m1./s1. The molecule has 17 heavy (non-hydrogen) atoms. The normalized spacial score (nSPS) is 23.0. The predicted molar refractivity (Wildman–Crippen MR) is 75.8 cm³/mol. The Bertz CT molecular complexity index is 362. The van der Waals surface area contributed by atoms with E-state index in [1.807, 2.05) is 0 Å². The number of rotatable bonds is 4. The highest BCUT2D eigenvalue weighted by Gasteiger charge is 2.28. The van der Waals surface area contributed by atoms with Gasteiger partial charge in [0.05, 0.1) is 5.84 Å². The Morgan fingerprint density at radius 3 is 2.65 bits per heavy atom. The molecule has 1 heterocycles. The molecule has 0 amide bonds. The second-order valence-corrected chi connectivity index (χ2v) is 4.61. The van der Waals surface area contributed by atoms with Gasteiger partial charge >= 0.3 is 0 Å². The maximum atomic E-state index is 6.00. The third-order valence-electron chi connectivity index (χ3n) is 3.42. The van der Waals surface area contributed by atoms with Crippen LogP contribution in [0.15, 0.2) is 35.3 Å². The number of hydrogen-bond acceptors (Lipinski definition) is 2. The maximum absolute atomic E-state index is 6.00. The van der Waals surface area contributed by atoms with Crippen LogP contribution >= 0.6 is 12.4 Å². The van der Waals surface area contributed by atoms with Gasteiger partial charge in [0.15, 0.2) is 0 Å². The van der Waals surface area contributed by atoms with Crippen molar-refractivity contribution in [1.29, 1.82) is 0 Å². The Hall–Kier alpha value is -1.02. The maximum Gasteiger partial charge on any atom is 0.0975 e. The summed E-state index contributed by atoms with van der Waals surface area (Å²) in [6.45, 7) is 3.16. The van der Waals surface area contributed by atoms with Gasteiger partial charge in [-0.25, -0.2) is 0 Å². The van der Waals surface area contributed by atoms with E-state index in [1.54, 1.807) is 0 Å². The lowest BCUT2D eigenvalue weighted by Crippen LogP contribution is -2.27. The van der Waals surface area contributed by atoms with Gasteiger partial charge in [-0.3, -0.25) is 4.99 Å². The molecule has 2 nitrogen and oxygen atoms in total. The minimum atomic E-state index is 0. The molecule has 0 saturated heterocycles. The first kappa shape index (κ1) is 14.0. The van der Waals surface area contributed by atoms with Gasteiger partial charge in [-0.05, 0) is 24.3 Å². The van der Waals surface area contributed by atoms with Crippen molar-refractivity contribution in [2.45, 2.75) is 26.2 Å². The molecule has 0 fully saturated rings. The lowest BCUT2D eigenvalue weighted by molar-refractivity contribution is 0.418. The molecule has 94 valence electrons. The Kier molecular flexibility index (Phi) is 5.49. The number of nitrogens with two attached hydrogens (primary N) is 1. The van der Waals surface area contributed by atoms with Crippen molar-refractivity contribution in [3.63, 3.8) is 0 Å². The molecule has 2 atom stereocenters. The number of benzene rings is 1. The van der Waals surface area contributed by atoms with Crippen molar-refractivity contribution in [2.24, 2.45) is 22.6 Å². The molecular formula is C14H21ClN2. The Morgan fingerprint density at radius 1 is 1.29 bits per heavy atom. The zero-order valence-electron chi connectivity index (χ0n) is 10.3. The fourth-order valence-corrected chi connectivity index (χ4v) is 2.51. The predicted octanol–water partition coefficient (Wildman–Crippen LogP) is 3.05. The van der Waals surface area contributed by atoms with Gasteiger partial charge in [0, 0.05) is 12.5 Å². The summed E-state index contributed by atoms with van der Waals surface area (Å²) in [6, 6.07) is 10.6. The first-order valence-corrected chi connectivity index (χ1v) is 6.15. The van der Waals surface area contributed by atoms with E-state index in [0.29, 0.717) is 11.8 Å². The van der Waals surface area contributed by atoms with E-state index in [4.69, 9.17) is 5.73 Å². The summed E-state index contributed by atoms with van der Waals surface area (Å²) < 4.78 is 0. The van der Waals surface area contributed by atoms with Gasteiger partial charge in [-0.15, -0.1) is 12.4 Å². The van der Waals surface area contributed by atoms with E-state index >= 15 is 0 Å². The van der Waals surface area contributed by atoms with Crippen LogP contribution in [0, 0.1) is 11.8 Å². The summed E-state index contributed by atoms with van der Waals surface area (Å²) in [5.41, 5.74) is 7.37. The van der Waals surface area contributed by atoms with E-state index in [9.17, 15) is 0 Å². The quantitative estimate of drug-likeness (QED) is 0.879. The molecule has 0 aromatic heterocycles. The molecule has 0 aliphatic carbocycles. The largest absolute Gasteiger partial charge is 0.387 e. The number of nitrogens with zero attached hydrogens (tertiary/aromatic N) is 1. The number of halogens is 1. The molecule has 0 bridgehead atoms. The van der Waals surface area contributed by atoms with Gasteiger partial charge in [0.2, 0.25) is 0 Å². The van der Waals surface area contributed by atoms with Crippen molar-refractivity contribution >= 4 is 18.2 Å². The minimum Gasteiger partial charge on any atom is -0.387 e. The summed E-state index contributed by atoms with van der Waals surface area (Å²) in [6.07, 6.45) is 3.50.